The number of ether oxygens (including phenoxy) is 2. The molecule has 2 aromatic carbocycles. The number of rotatable bonds is 6. The Kier molecular flexibility index (Phi) is 6.09. The van der Waals surface area contributed by atoms with Crippen molar-refractivity contribution in [1.82, 2.24) is 5.32 Å². The van der Waals surface area contributed by atoms with Crippen molar-refractivity contribution in [3.05, 3.63) is 52.0 Å². The molecule has 0 saturated carbocycles. The summed E-state index contributed by atoms with van der Waals surface area (Å²) < 4.78 is 11.6. The molecule has 0 aliphatic heterocycles. The second-order valence-corrected chi connectivity index (χ2v) is 6.27. The van der Waals surface area contributed by atoms with Crippen LogP contribution in [-0.2, 0) is 11.3 Å². The van der Waals surface area contributed by atoms with E-state index < -0.39 is 6.10 Å². The zero-order chi connectivity index (χ0) is 17.7. The van der Waals surface area contributed by atoms with Crippen molar-refractivity contribution in [2.24, 2.45) is 0 Å². The number of amides is 1. The number of hydrogen-bond donors (Lipinski definition) is 2. The molecular formula is C18H20BrNO4. The van der Waals surface area contributed by atoms with Crippen LogP contribution in [0.4, 0.5) is 0 Å². The zero-order valence-corrected chi connectivity index (χ0v) is 15.4. The van der Waals surface area contributed by atoms with Gasteiger partial charge >= 0.3 is 0 Å². The summed E-state index contributed by atoms with van der Waals surface area (Å²) in [6.45, 7) is 3.99. The van der Waals surface area contributed by atoms with E-state index in [4.69, 9.17) is 9.47 Å². The molecule has 2 aromatic rings. The molecule has 0 bridgehead atoms. The highest BCUT2D eigenvalue weighted by molar-refractivity contribution is 9.10. The normalized spacial score (nSPS) is 11.7. The average Bonchev–Trinajstić information content (AvgIpc) is 2.56. The summed E-state index contributed by atoms with van der Waals surface area (Å²) in [5, 5.41) is 12.4. The third-order valence-corrected chi connectivity index (χ3v) is 4.09. The molecule has 6 heteroatoms. The summed E-state index contributed by atoms with van der Waals surface area (Å²) >= 11 is 3.43. The van der Waals surface area contributed by atoms with Gasteiger partial charge in [-0.05, 0) is 65.2 Å². The van der Waals surface area contributed by atoms with Gasteiger partial charge in [-0.15, -0.1) is 0 Å². The number of methoxy groups -OCH3 is 1. The Bertz CT molecular complexity index is 733. The van der Waals surface area contributed by atoms with Gasteiger partial charge in [0.25, 0.3) is 5.91 Å². The molecule has 0 aliphatic carbocycles. The van der Waals surface area contributed by atoms with Crippen molar-refractivity contribution < 1.29 is 19.4 Å². The Morgan fingerprint density at radius 1 is 1.25 bits per heavy atom. The molecule has 0 aliphatic rings. The first-order valence-electron chi connectivity index (χ1n) is 7.47. The first-order valence-corrected chi connectivity index (χ1v) is 8.26. The van der Waals surface area contributed by atoms with Crippen molar-refractivity contribution in [2.45, 2.75) is 26.5 Å². The maximum atomic E-state index is 12.2. The standard InChI is InChI=1S/C18H20BrNO4/c1-11-4-7-16(14(19)8-11)24-12(2)18(22)20-10-13-5-6-15(21)17(9-13)23-3/h4-9,12,21H,10H2,1-3H3,(H,20,22). The Hall–Kier alpha value is -2.21. The Labute approximate surface area is 149 Å². The number of carbonyl (C=O) groups excluding carboxylic acids is 1. The van der Waals surface area contributed by atoms with Gasteiger partial charge in [0.05, 0.1) is 11.6 Å². The van der Waals surface area contributed by atoms with Crippen LogP contribution in [0.5, 0.6) is 17.2 Å². The van der Waals surface area contributed by atoms with E-state index in [-0.39, 0.29) is 11.7 Å². The molecule has 0 heterocycles. The molecule has 1 atom stereocenters. The number of aryl methyl sites for hydroxylation is 1. The molecular weight excluding hydrogens is 374 g/mol. The number of phenols is 1. The van der Waals surface area contributed by atoms with Crippen LogP contribution in [0.1, 0.15) is 18.1 Å². The van der Waals surface area contributed by atoms with E-state index in [0.717, 1.165) is 15.6 Å². The monoisotopic (exact) mass is 393 g/mol. The van der Waals surface area contributed by atoms with E-state index in [1.807, 2.05) is 25.1 Å². The number of halogens is 1. The van der Waals surface area contributed by atoms with Gasteiger partial charge in [-0.3, -0.25) is 4.79 Å². The van der Waals surface area contributed by atoms with Crippen LogP contribution < -0.4 is 14.8 Å². The average molecular weight is 394 g/mol. The molecule has 0 fully saturated rings. The topological polar surface area (TPSA) is 67.8 Å². The summed E-state index contributed by atoms with van der Waals surface area (Å²) in [6, 6.07) is 10.6. The molecule has 5 nitrogen and oxygen atoms in total. The highest BCUT2D eigenvalue weighted by Crippen LogP contribution is 2.27. The predicted molar refractivity (Wildman–Crippen MR) is 95.5 cm³/mol. The molecule has 0 aromatic heterocycles. The highest BCUT2D eigenvalue weighted by Gasteiger charge is 2.16. The quantitative estimate of drug-likeness (QED) is 0.787. The van der Waals surface area contributed by atoms with Crippen LogP contribution in [0.25, 0.3) is 0 Å². The number of aromatic hydroxyl groups is 1. The molecule has 1 unspecified atom stereocenters. The van der Waals surface area contributed by atoms with Crippen LogP contribution >= 0.6 is 15.9 Å². The van der Waals surface area contributed by atoms with Crippen LogP contribution in [0.3, 0.4) is 0 Å². The summed E-state index contributed by atoms with van der Waals surface area (Å²) in [6.07, 6.45) is -0.636. The van der Waals surface area contributed by atoms with Crippen molar-refractivity contribution in [3.63, 3.8) is 0 Å². The second kappa shape index (κ2) is 8.06. The fraction of sp³-hybridized carbons (Fsp3) is 0.278. The summed E-state index contributed by atoms with van der Waals surface area (Å²) in [7, 11) is 1.48. The van der Waals surface area contributed by atoms with Gasteiger partial charge in [-0.1, -0.05) is 12.1 Å². The lowest BCUT2D eigenvalue weighted by Gasteiger charge is -2.16. The molecule has 24 heavy (non-hydrogen) atoms. The first kappa shape index (κ1) is 18.1. The molecule has 0 spiro atoms. The highest BCUT2D eigenvalue weighted by atomic mass is 79.9. The van der Waals surface area contributed by atoms with Crippen LogP contribution in [0.2, 0.25) is 0 Å². The van der Waals surface area contributed by atoms with Gasteiger partial charge in [-0.2, -0.15) is 0 Å². The summed E-state index contributed by atoms with van der Waals surface area (Å²) in [5.74, 6) is 0.826. The third-order valence-electron chi connectivity index (χ3n) is 3.47. The SMILES string of the molecule is COc1cc(CNC(=O)C(C)Oc2ccc(C)cc2Br)ccc1O. The largest absolute Gasteiger partial charge is 0.504 e. The lowest BCUT2D eigenvalue weighted by atomic mass is 10.2. The number of carbonyl (C=O) groups is 1. The van der Waals surface area contributed by atoms with E-state index in [1.54, 1.807) is 19.1 Å². The van der Waals surface area contributed by atoms with Gasteiger partial charge in [0.2, 0.25) is 0 Å². The van der Waals surface area contributed by atoms with Crippen molar-refractivity contribution in [3.8, 4) is 17.2 Å². The lowest BCUT2D eigenvalue weighted by molar-refractivity contribution is -0.127. The van der Waals surface area contributed by atoms with Gasteiger partial charge < -0.3 is 19.9 Å². The summed E-state index contributed by atoms with van der Waals surface area (Å²) in [4.78, 5) is 12.2. The second-order valence-electron chi connectivity index (χ2n) is 5.42. The Morgan fingerprint density at radius 3 is 2.67 bits per heavy atom. The molecule has 2 rings (SSSR count). The summed E-state index contributed by atoms with van der Waals surface area (Å²) in [5.41, 5.74) is 1.93. The van der Waals surface area contributed by atoms with E-state index >= 15 is 0 Å². The Morgan fingerprint density at radius 2 is 2.00 bits per heavy atom. The molecule has 0 saturated heterocycles. The molecule has 2 N–H and O–H groups in total. The Balaban J connectivity index is 1.94. The number of nitrogens with one attached hydrogen (secondary N) is 1. The fourth-order valence-corrected chi connectivity index (χ4v) is 2.70. The molecule has 1 amide bonds. The van der Waals surface area contributed by atoms with Gasteiger partial charge in [0.15, 0.2) is 17.6 Å². The smallest absolute Gasteiger partial charge is 0.261 e. The zero-order valence-electron chi connectivity index (χ0n) is 13.8. The number of hydrogen-bond acceptors (Lipinski definition) is 4. The predicted octanol–water partition coefficient (Wildman–Crippen LogP) is 3.56. The molecule has 0 radical (unpaired) electrons. The third kappa shape index (κ3) is 4.64. The van der Waals surface area contributed by atoms with Crippen LogP contribution in [0, 0.1) is 6.92 Å². The van der Waals surface area contributed by atoms with E-state index in [1.165, 1.54) is 13.2 Å². The van der Waals surface area contributed by atoms with E-state index in [9.17, 15) is 9.90 Å². The maximum Gasteiger partial charge on any atom is 0.261 e. The van der Waals surface area contributed by atoms with E-state index in [2.05, 4.69) is 21.2 Å². The van der Waals surface area contributed by atoms with Crippen molar-refractivity contribution in [1.29, 1.82) is 0 Å². The fourth-order valence-electron chi connectivity index (χ4n) is 2.11. The molecule has 128 valence electrons. The van der Waals surface area contributed by atoms with E-state index in [0.29, 0.717) is 18.0 Å². The van der Waals surface area contributed by atoms with Crippen LogP contribution in [0.15, 0.2) is 40.9 Å². The number of phenolic OH excluding ortho intramolecular Hbond substituents is 1. The van der Waals surface area contributed by atoms with Gasteiger partial charge in [0.1, 0.15) is 5.75 Å². The lowest BCUT2D eigenvalue weighted by Crippen LogP contribution is -2.35. The van der Waals surface area contributed by atoms with Crippen molar-refractivity contribution in [2.75, 3.05) is 7.11 Å². The van der Waals surface area contributed by atoms with Crippen LogP contribution in [-0.4, -0.2) is 24.2 Å². The maximum absolute atomic E-state index is 12.2. The number of benzene rings is 2. The first-order chi connectivity index (χ1) is 11.4. The van der Waals surface area contributed by atoms with Crippen molar-refractivity contribution >= 4 is 21.8 Å². The minimum Gasteiger partial charge on any atom is -0.504 e. The minimum atomic E-state index is -0.636. The van der Waals surface area contributed by atoms with Gasteiger partial charge in [-0.25, -0.2) is 0 Å². The minimum absolute atomic E-state index is 0.0634. The van der Waals surface area contributed by atoms with Gasteiger partial charge in [0, 0.05) is 6.54 Å².